The molecule has 0 fully saturated rings. The van der Waals surface area contributed by atoms with Gasteiger partial charge in [-0.1, -0.05) is 30.2 Å². The number of aliphatic hydroxyl groups is 1. The maximum absolute atomic E-state index is 13.4. The van der Waals surface area contributed by atoms with Gasteiger partial charge in [-0.2, -0.15) is 4.68 Å². The van der Waals surface area contributed by atoms with E-state index in [1.807, 2.05) is 0 Å². The number of fused-ring (bicyclic) bond motifs is 1. The van der Waals surface area contributed by atoms with Gasteiger partial charge in [0.15, 0.2) is 6.39 Å². The molecular weight excluding hydrogens is 422 g/mol. The van der Waals surface area contributed by atoms with E-state index in [-0.39, 0.29) is 41.6 Å². The molecule has 4 N–H and O–H groups in total. The number of benzene rings is 1. The third kappa shape index (κ3) is 3.56. The number of anilines is 1. The van der Waals surface area contributed by atoms with E-state index in [0.717, 1.165) is 9.08 Å². The second-order valence-electron chi connectivity index (χ2n) is 7.36. The van der Waals surface area contributed by atoms with Crippen molar-refractivity contribution in [3.8, 4) is 22.4 Å². The topological polar surface area (TPSA) is 139 Å². The summed E-state index contributed by atoms with van der Waals surface area (Å²) in [5.74, 6) is 0.331. The van der Waals surface area contributed by atoms with Gasteiger partial charge in [0.2, 0.25) is 5.65 Å². The molecule has 10 heteroatoms. The van der Waals surface area contributed by atoms with Crippen molar-refractivity contribution in [2.75, 3.05) is 5.73 Å². The fourth-order valence-electron chi connectivity index (χ4n) is 3.67. The van der Waals surface area contributed by atoms with Crippen LogP contribution in [0.15, 0.2) is 58.0 Å². The van der Waals surface area contributed by atoms with Gasteiger partial charge in [-0.15, -0.1) is 9.50 Å². The molecule has 0 aliphatic carbocycles. The predicted octanol–water partition coefficient (Wildman–Crippen LogP) is 1.77. The van der Waals surface area contributed by atoms with E-state index < -0.39 is 35.9 Å². The van der Waals surface area contributed by atoms with E-state index in [2.05, 4.69) is 20.1 Å². The van der Waals surface area contributed by atoms with Crippen LogP contribution in [0.4, 0.5) is 5.95 Å². The number of hydrogen-bond donors (Lipinski definition) is 2. The highest BCUT2D eigenvalue weighted by atomic mass is 16.3. The molecule has 0 bridgehead atoms. The maximum atomic E-state index is 13.4. The standard InChI is InChI=1S/C23H21N7O3/c1-13-8-16(9-17(11-31)26-13)19-20(15-6-4-3-5-7-15)27-22(24)30-21(19)28-29(23(30)32)10-18-14(2)33-12-25-18/h3-9,12,31H,10-11H2,1-2H3,(H2,24,27)/p+1/i3D,4D,5D,6D,7D. The summed E-state index contributed by atoms with van der Waals surface area (Å²) in [6, 6.07) is 0.676. The summed E-state index contributed by atoms with van der Waals surface area (Å²) in [6.45, 7) is 3.01. The Morgan fingerprint density at radius 3 is 2.70 bits per heavy atom. The van der Waals surface area contributed by atoms with Crippen molar-refractivity contribution in [2.24, 2.45) is 0 Å². The van der Waals surface area contributed by atoms with E-state index in [1.165, 1.54) is 6.39 Å². The molecule has 0 aliphatic rings. The first-order valence-electron chi connectivity index (χ1n) is 12.4. The smallest absolute Gasteiger partial charge is 0.411 e. The fraction of sp³-hybridized carbons (Fsp3) is 0.174. The van der Waals surface area contributed by atoms with Crippen molar-refractivity contribution in [3.63, 3.8) is 0 Å². The Labute approximate surface area is 195 Å². The first kappa shape index (κ1) is 15.5. The summed E-state index contributed by atoms with van der Waals surface area (Å²) in [7, 11) is 0. The number of nitrogens with zero attached hydrogens (tertiary/aromatic N) is 5. The third-order valence-electron chi connectivity index (χ3n) is 5.16. The van der Waals surface area contributed by atoms with Crippen molar-refractivity contribution >= 4 is 11.6 Å². The van der Waals surface area contributed by atoms with Gasteiger partial charge in [-0.25, -0.2) is 14.8 Å². The minimum atomic E-state index is -0.599. The number of aliphatic hydroxyl groups excluding tert-OH is 1. The Hall–Kier alpha value is -4.31. The van der Waals surface area contributed by atoms with Crippen LogP contribution < -0.4 is 16.4 Å². The molecule has 4 aromatic heterocycles. The lowest BCUT2D eigenvalue weighted by Gasteiger charge is -2.10. The zero-order chi connectivity index (χ0) is 27.5. The summed E-state index contributed by atoms with van der Waals surface area (Å²) >= 11 is 0. The first-order chi connectivity index (χ1) is 18.0. The molecule has 10 nitrogen and oxygen atoms in total. The summed E-state index contributed by atoms with van der Waals surface area (Å²) in [4.78, 5) is 24.7. The van der Waals surface area contributed by atoms with E-state index >= 15 is 0 Å². The molecule has 5 rings (SSSR count). The van der Waals surface area contributed by atoms with E-state index in [0.29, 0.717) is 28.4 Å². The van der Waals surface area contributed by atoms with Crippen molar-refractivity contribution in [1.29, 1.82) is 0 Å². The molecule has 0 amide bonds. The summed E-state index contributed by atoms with van der Waals surface area (Å²) < 4.78 is 48.8. The average molecular weight is 450 g/mol. The Morgan fingerprint density at radius 2 is 2.00 bits per heavy atom. The molecule has 5 aromatic rings. The molecule has 33 heavy (non-hydrogen) atoms. The van der Waals surface area contributed by atoms with Crippen LogP contribution in [0.1, 0.15) is 29.7 Å². The van der Waals surface area contributed by atoms with Crippen LogP contribution in [0.5, 0.6) is 0 Å². The zero-order valence-corrected chi connectivity index (χ0v) is 17.7. The molecule has 0 aliphatic heterocycles. The lowest BCUT2D eigenvalue weighted by molar-refractivity contribution is -0.351. The van der Waals surface area contributed by atoms with Gasteiger partial charge in [0, 0.05) is 11.3 Å². The van der Waals surface area contributed by atoms with Crippen LogP contribution in [-0.2, 0) is 13.2 Å². The number of H-pyrrole nitrogens is 1. The largest absolute Gasteiger partial charge is 0.448 e. The van der Waals surface area contributed by atoms with Gasteiger partial charge in [0.25, 0.3) is 0 Å². The number of nitrogens with one attached hydrogen (secondary N) is 1. The Kier molecular flexibility index (Phi) is 3.75. The van der Waals surface area contributed by atoms with Crippen LogP contribution in [-0.4, -0.2) is 29.3 Å². The fourth-order valence-corrected chi connectivity index (χ4v) is 3.67. The molecule has 0 spiro atoms. The van der Waals surface area contributed by atoms with Gasteiger partial charge in [0.1, 0.15) is 17.1 Å². The molecule has 0 saturated carbocycles. The molecule has 1 aromatic carbocycles. The number of pyridine rings is 1. The monoisotopic (exact) mass is 449 g/mol. The second-order valence-corrected chi connectivity index (χ2v) is 7.36. The number of oxazole rings is 1. The first-order valence-corrected chi connectivity index (χ1v) is 9.92. The summed E-state index contributed by atoms with van der Waals surface area (Å²) in [6.07, 6.45) is 1.26. The van der Waals surface area contributed by atoms with Crippen LogP contribution in [0, 0.1) is 13.8 Å². The van der Waals surface area contributed by atoms with Crippen LogP contribution in [0.2, 0.25) is 0 Å². The molecule has 0 radical (unpaired) electrons. The summed E-state index contributed by atoms with van der Waals surface area (Å²) in [5, 5.41) is 14.3. The lowest BCUT2D eigenvalue weighted by Crippen LogP contribution is -2.28. The van der Waals surface area contributed by atoms with Gasteiger partial charge in [-0.3, -0.25) is 10.7 Å². The third-order valence-corrected chi connectivity index (χ3v) is 5.16. The number of hydrogen-bond acceptors (Lipinski definition) is 7. The number of rotatable bonds is 5. The highest BCUT2D eigenvalue weighted by Crippen LogP contribution is 2.33. The highest BCUT2D eigenvalue weighted by molar-refractivity contribution is 5.88. The number of aromatic nitrogens is 6. The highest BCUT2D eigenvalue weighted by Gasteiger charge is 2.26. The maximum Gasteiger partial charge on any atom is 0.411 e. The van der Waals surface area contributed by atoms with Crippen molar-refractivity contribution in [2.45, 2.75) is 27.0 Å². The van der Waals surface area contributed by atoms with Crippen LogP contribution in [0.3, 0.4) is 0 Å². The normalized spacial score (nSPS) is 13.5. The quantitative estimate of drug-likeness (QED) is 0.417. The lowest BCUT2D eigenvalue weighted by atomic mass is 9.99. The molecule has 0 saturated heterocycles. The van der Waals surface area contributed by atoms with Crippen LogP contribution >= 0.6 is 0 Å². The number of aryl methyl sites for hydroxylation is 2. The van der Waals surface area contributed by atoms with Gasteiger partial charge >= 0.3 is 11.6 Å². The van der Waals surface area contributed by atoms with Gasteiger partial charge in [-0.05, 0) is 31.5 Å². The Morgan fingerprint density at radius 1 is 1.21 bits per heavy atom. The predicted molar refractivity (Wildman–Crippen MR) is 120 cm³/mol. The van der Waals surface area contributed by atoms with E-state index in [1.54, 1.807) is 26.0 Å². The molecule has 166 valence electrons. The average Bonchev–Trinajstić information content (AvgIpc) is 3.44. The SMILES string of the molecule is [2H]c1c([2H])c([2H])c(-c2[nH+]c(N)n3c(=O)n(Cc4ncoc4C)nc3c2-c2cc(C)nc(CO)c2)c([2H])c1[2H]. The number of nitrogen functional groups attached to an aromatic ring is 1. The van der Waals surface area contributed by atoms with Crippen molar-refractivity contribution in [3.05, 3.63) is 82.1 Å². The summed E-state index contributed by atoms with van der Waals surface area (Å²) in [5.41, 5.74) is 7.61. The van der Waals surface area contributed by atoms with E-state index in [4.69, 9.17) is 17.0 Å². The zero-order valence-electron chi connectivity index (χ0n) is 22.7. The van der Waals surface area contributed by atoms with Gasteiger partial charge < -0.3 is 9.52 Å². The minimum Gasteiger partial charge on any atom is -0.448 e. The molecule has 4 heterocycles. The second kappa shape index (κ2) is 7.99. The molecular formula is C23H22N7O3+. The molecule has 0 unspecified atom stereocenters. The van der Waals surface area contributed by atoms with Gasteiger partial charge in [0.05, 0.1) is 31.3 Å². The Balaban J connectivity index is 1.93. The van der Waals surface area contributed by atoms with Crippen LogP contribution in [0.25, 0.3) is 28.0 Å². The van der Waals surface area contributed by atoms with Crippen molar-refractivity contribution in [1.82, 2.24) is 24.1 Å². The molecule has 0 atom stereocenters. The Bertz CT molecular complexity index is 1780. The van der Waals surface area contributed by atoms with E-state index in [9.17, 15) is 9.90 Å². The number of nitrogens with two attached hydrogens (primary N) is 1. The minimum absolute atomic E-state index is 0.0248. The number of aromatic amines is 1. The van der Waals surface area contributed by atoms with Crippen molar-refractivity contribution < 1.29 is 21.4 Å².